The van der Waals surface area contributed by atoms with E-state index in [-0.39, 0.29) is 11.5 Å². The third-order valence-electron chi connectivity index (χ3n) is 4.27. The summed E-state index contributed by atoms with van der Waals surface area (Å²) in [6.07, 6.45) is 3.15. The Labute approximate surface area is 156 Å². The summed E-state index contributed by atoms with van der Waals surface area (Å²) in [5, 5.41) is 0.513. The third-order valence-corrected chi connectivity index (χ3v) is 5.25. The lowest BCUT2D eigenvalue weighted by molar-refractivity contribution is -0.134. The lowest BCUT2D eigenvalue weighted by Gasteiger charge is -2.25. The van der Waals surface area contributed by atoms with Crippen LogP contribution in [0, 0.1) is 6.92 Å². The first-order valence-corrected chi connectivity index (χ1v) is 9.23. The molecule has 3 aromatic rings. The van der Waals surface area contributed by atoms with E-state index in [1.165, 1.54) is 15.8 Å². The number of thiophene rings is 1. The van der Waals surface area contributed by atoms with Gasteiger partial charge in [-0.05, 0) is 38.1 Å². The van der Waals surface area contributed by atoms with E-state index in [9.17, 15) is 9.59 Å². The van der Waals surface area contributed by atoms with Crippen molar-refractivity contribution in [2.24, 2.45) is 0 Å². The lowest BCUT2D eigenvalue weighted by Crippen LogP contribution is -2.39. The van der Waals surface area contributed by atoms with Gasteiger partial charge < -0.3 is 4.90 Å². The van der Waals surface area contributed by atoms with E-state index in [1.54, 1.807) is 47.4 Å². The smallest absolute Gasteiger partial charge is 0.261 e. The summed E-state index contributed by atoms with van der Waals surface area (Å²) in [5.41, 5.74) is 0.423. The highest BCUT2D eigenvalue weighted by Crippen LogP contribution is 2.19. The van der Waals surface area contributed by atoms with Crippen molar-refractivity contribution in [3.05, 3.63) is 75.5 Å². The minimum Gasteiger partial charge on any atom is -0.332 e. The van der Waals surface area contributed by atoms with Crippen LogP contribution in [0.25, 0.3) is 10.9 Å². The molecule has 0 N–H and O–H groups in total. The average Bonchev–Trinajstić information content (AvgIpc) is 3.05. The van der Waals surface area contributed by atoms with Crippen LogP contribution in [0.15, 0.2) is 60.2 Å². The number of benzene rings is 1. The molecule has 0 saturated heterocycles. The maximum absolute atomic E-state index is 13.0. The van der Waals surface area contributed by atoms with Crippen LogP contribution in [0.5, 0.6) is 0 Å². The quantitative estimate of drug-likeness (QED) is 0.626. The second-order valence-corrected chi connectivity index (χ2v) is 7.54. The highest BCUT2D eigenvalue weighted by molar-refractivity contribution is 7.11. The molecule has 1 amide bonds. The maximum Gasteiger partial charge on any atom is 0.261 e. The van der Waals surface area contributed by atoms with Gasteiger partial charge in [0.2, 0.25) is 5.91 Å². The van der Waals surface area contributed by atoms with E-state index in [2.05, 4.69) is 11.6 Å². The van der Waals surface area contributed by atoms with Gasteiger partial charge in [0.15, 0.2) is 0 Å². The van der Waals surface area contributed by atoms with Crippen molar-refractivity contribution >= 4 is 28.1 Å². The Morgan fingerprint density at radius 2 is 2.12 bits per heavy atom. The number of hydrogen-bond acceptors (Lipinski definition) is 4. The monoisotopic (exact) mass is 367 g/mol. The predicted octanol–water partition coefficient (Wildman–Crippen LogP) is 3.54. The Hall–Kier alpha value is -2.73. The second kappa shape index (κ2) is 7.66. The van der Waals surface area contributed by atoms with Crippen molar-refractivity contribution in [3.63, 3.8) is 0 Å². The van der Waals surface area contributed by atoms with Crippen LogP contribution in [0.3, 0.4) is 0 Å². The van der Waals surface area contributed by atoms with Gasteiger partial charge in [0, 0.05) is 16.3 Å². The summed E-state index contributed by atoms with van der Waals surface area (Å²) in [7, 11) is 0. The molecule has 5 nitrogen and oxygen atoms in total. The first-order valence-electron chi connectivity index (χ1n) is 8.42. The fraction of sp³-hybridized carbons (Fsp3) is 0.250. The molecule has 0 aliphatic rings. The number of carbonyl (C=O) groups is 1. The second-order valence-electron chi connectivity index (χ2n) is 6.17. The Morgan fingerprint density at radius 1 is 1.35 bits per heavy atom. The van der Waals surface area contributed by atoms with Gasteiger partial charge in [-0.3, -0.25) is 14.2 Å². The normalized spacial score (nSPS) is 12.1. The molecule has 3 rings (SSSR count). The Morgan fingerprint density at radius 3 is 2.81 bits per heavy atom. The molecule has 0 saturated carbocycles. The largest absolute Gasteiger partial charge is 0.332 e. The van der Waals surface area contributed by atoms with Crippen molar-refractivity contribution in [3.8, 4) is 0 Å². The fourth-order valence-electron chi connectivity index (χ4n) is 2.89. The summed E-state index contributed by atoms with van der Waals surface area (Å²) < 4.78 is 1.40. The number of aryl methyl sites for hydroxylation is 1. The van der Waals surface area contributed by atoms with Crippen LogP contribution in [0.1, 0.15) is 22.7 Å². The SMILES string of the molecule is C=CCN(Cc1ccc(C)s1)C(=O)[C@H](C)n1cnc2ccccc2c1=O. The Kier molecular flexibility index (Phi) is 5.32. The molecular weight excluding hydrogens is 346 g/mol. The molecule has 0 fully saturated rings. The molecule has 6 heteroatoms. The Balaban J connectivity index is 1.90. The van der Waals surface area contributed by atoms with Crippen molar-refractivity contribution in [1.29, 1.82) is 0 Å². The van der Waals surface area contributed by atoms with E-state index in [1.807, 2.05) is 25.1 Å². The van der Waals surface area contributed by atoms with E-state index in [0.29, 0.717) is 24.0 Å². The molecule has 0 spiro atoms. The number of nitrogens with zero attached hydrogens (tertiary/aromatic N) is 3. The van der Waals surface area contributed by atoms with Gasteiger partial charge in [0.25, 0.3) is 5.56 Å². The van der Waals surface area contributed by atoms with Gasteiger partial charge in [-0.1, -0.05) is 18.2 Å². The molecule has 1 atom stereocenters. The van der Waals surface area contributed by atoms with Crippen LogP contribution in [0.2, 0.25) is 0 Å². The lowest BCUT2D eigenvalue weighted by atomic mass is 10.2. The number of aromatic nitrogens is 2. The van der Waals surface area contributed by atoms with Crippen molar-refractivity contribution in [1.82, 2.24) is 14.5 Å². The minimum absolute atomic E-state index is 0.130. The summed E-state index contributed by atoms with van der Waals surface area (Å²) in [6.45, 7) is 8.45. The van der Waals surface area contributed by atoms with E-state index >= 15 is 0 Å². The summed E-state index contributed by atoms with van der Waals surface area (Å²) >= 11 is 1.66. The zero-order valence-electron chi connectivity index (χ0n) is 14.9. The zero-order valence-corrected chi connectivity index (χ0v) is 15.7. The van der Waals surface area contributed by atoms with Crippen LogP contribution in [-0.2, 0) is 11.3 Å². The molecule has 1 aromatic carbocycles. The summed E-state index contributed by atoms with van der Waals surface area (Å²) in [6, 6.07) is 10.6. The maximum atomic E-state index is 13.0. The topological polar surface area (TPSA) is 55.2 Å². The molecule has 0 aliphatic carbocycles. The summed E-state index contributed by atoms with van der Waals surface area (Å²) in [5.74, 6) is -0.130. The van der Waals surface area contributed by atoms with Crippen LogP contribution in [0.4, 0.5) is 0 Å². The predicted molar refractivity (Wildman–Crippen MR) is 105 cm³/mol. The van der Waals surface area contributed by atoms with Crippen LogP contribution >= 0.6 is 11.3 Å². The number of hydrogen-bond donors (Lipinski definition) is 0. The molecule has 0 bridgehead atoms. The number of carbonyl (C=O) groups excluding carboxylic acids is 1. The van der Waals surface area contributed by atoms with E-state index in [4.69, 9.17) is 0 Å². The number of rotatable bonds is 6. The molecule has 2 heterocycles. The first-order chi connectivity index (χ1) is 12.5. The van der Waals surface area contributed by atoms with Crippen molar-refractivity contribution in [2.45, 2.75) is 26.4 Å². The van der Waals surface area contributed by atoms with Gasteiger partial charge in [0.1, 0.15) is 6.04 Å². The molecule has 26 heavy (non-hydrogen) atoms. The standard InChI is InChI=1S/C20H21N3O2S/c1-4-11-22(12-16-10-9-14(2)26-16)19(24)15(3)23-13-21-18-8-6-5-7-17(18)20(23)25/h4-10,13,15H,1,11-12H2,2-3H3/t15-/m0/s1. The van der Waals surface area contributed by atoms with Gasteiger partial charge in [0.05, 0.1) is 23.8 Å². The number of amides is 1. The molecular formula is C20H21N3O2S. The van der Waals surface area contributed by atoms with Crippen molar-refractivity contribution in [2.75, 3.05) is 6.54 Å². The number of fused-ring (bicyclic) bond motifs is 1. The zero-order chi connectivity index (χ0) is 18.7. The molecule has 0 aliphatic heterocycles. The first kappa shape index (κ1) is 18.1. The fourth-order valence-corrected chi connectivity index (χ4v) is 3.79. The van der Waals surface area contributed by atoms with Crippen molar-refractivity contribution < 1.29 is 4.79 Å². The molecule has 2 aromatic heterocycles. The number of para-hydroxylation sites is 1. The summed E-state index contributed by atoms with van der Waals surface area (Å²) in [4.78, 5) is 34.1. The molecule has 134 valence electrons. The molecule has 0 unspecified atom stereocenters. The van der Waals surface area contributed by atoms with Gasteiger partial charge in [-0.25, -0.2) is 4.98 Å². The highest BCUT2D eigenvalue weighted by Gasteiger charge is 2.23. The molecule has 0 radical (unpaired) electrons. The Bertz CT molecular complexity index is 1010. The van der Waals surface area contributed by atoms with Crippen LogP contribution < -0.4 is 5.56 Å². The third kappa shape index (κ3) is 3.60. The van der Waals surface area contributed by atoms with Gasteiger partial charge in [-0.15, -0.1) is 17.9 Å². The van der Waals surface area contributed by atoms with Gasteiger partial charge >= 0.3 is 0 Å². The average molecular weight is 367 g/mol. The highest BCUT2D eigenvalue weighted by atomic mass is 32.1. The van der Waals surface area contributed by atoms with E-state index in [0.717, 1.165) is 4.88 Å². The minimum atomic E-state index is -0.638. The van der Waals surface area contributed by atoms with Crippen LogP contribution in [-0.4, -0.2) is 26.9 Å². The van der Waals surface area contributed by atoms with E-state index < -0.39 is 6.04 Å². The van der Waals surface area contributed by atoms with Gasteiger partial charge in [-0.2, -0.15) is 0 Å².